The largest absolute Gasteiger partial charge is 0.480 e. The highest BCUT2D eigenvalue weighted by atomic mass is 32.2. The highest BCUT2D eigenvalue weighted by molar-refractivity contribution is 7.98. The molecule has 0 saturated carbocycles. The number of carbonyl (C=O) groups is 4. The van der Waals surface area contributed by atoms with Crippen LogP contribution in [0.15, 0.2) is 42.9 Å². The Kier molecular flexibility index (Phi) is 14.0. The van der Waals surface area contributed by atoms with E-state index < -0.39 is 47.9 Å². The molecule has 9 N–H and O–H groups in total. The zero-order chi connectivity index (χ0) is 28.6. The van der Waals surface area contributed by atoms with Crippen LogP contribution in [-0.2, 0) is 32.0 Å². The van der Waals surface area contributed by atoms with Crippen LogP contribution in [0.3, 0.4) is 0 Å². The maximum absolute atomic E-state index is 13.4. The van der Waals surface area contributed by atoms with Gasteiger partial charge >= 0.3 is 5.97 Å². The number of thioether (sulfide) groups is 1. The van der Waals surface area contributed by atoms with Gasteiger partial charge in [-0.15, -0.1) is 0 Å². The minimum Gasteiger partial charge on any atom is -0.480 e. The number of H-pyrrole nitrogens is 1. The summed E-state index contributed by atoms with van der Waals surface area (Å²) in [5.74, 6) is -2.35. The van der Waals surface area contributed by atoms with Crippen molar-refractivity contribution >= 4 is 35.5 Å². The van der Waals surface area contributed by atoms with E-state index >= 15 is 0 Å². The second-order valence-corrected chi connectivity index (χ2v) is 10.2. The average Bonchev–Trinajstić information content (AvgIpc) is 3.43. The number of aromatic nitrogens is 2. The van der Waals surface area contributed by atoms with Crippen LogP contribution < -0.4 is 27.4 Å². The van der Waals surface area contributed by atoms with Crippen molar-refractivity contribution in [2.45, 2.75) is 62.7 Å². The van der Waals surface area contributed by atoms with Crippen molar-refractivity contribution in [1.82, 2.24) is 25.9 Å². The molecule has 0 spiro atoms. The standard InChI is InChI=1S/C26H39N7O5S/c1-39-12-10-20(24(35)33-22(26(37)38)14-18-15-29-16-30-18)31-25(36)21(13-17-7-3-2-4-8-17)32-23(34)19(28)9-5-6-11-27/h2-4,7-8,15-16,19-22H,5-6,9-14,27-28H2,1H3,(H,29,30)(H,31,36)(H,32,34)(H,33,35)(H,37,38). The number of aromatic amines is 1. The van der Waals surface area contributed by atoms with Gasteiger partial charge in [-0.05, 0) is 43.4 Å². The Bertz CT molecular complexity index is 1040. The number of carboxylic acids is 1. The number of unbranched alkanes of at least 4 members (excludes halogenated alkanes) is 1. The van der Waals surface area contributed by atoms with Crippen LogP contribution in [0, 0.1) is 0 Å². The monoisotopic (exact) mass is 561 g/mol. The Balaban J connectivity index is 2.16. The van der Waals surface area contributed by atoms with Gasteiger partial charge in [-0.2, -0.15) is 11.8 Å². The fourth-order valence-electron chi connectivity index (χ4n) is 3.84. The Labute approximate surface area is 232 Å². The van der Waals surface area contributed by atoms with Crippen molar-refractivity contribution in [2.24, 2.45) is 11.5 Å². The first-order chi connectivity index (χ1) is 18.7. The SMILES string of the molecule is CSCCC(NC(=O)C(Cc1ccccc1)NC(=O)C(N)CCCCN)C(=O)NC(Cc1cnc[nH]1)C(=O)O. The molecule has 1 aromatic carbocycles. The second kappa shape index (κ2) is 17.2. The normalized spacial score (nSPS) is 14.0. The summed E-state index contributed by atoms with van der Waals surface area (Å²) < 4.78 is 0. The van der Waals surface area contributed by atoms with E-state index in [1.807, 2.05) is 36.6 Å². The van der Waals surface area contributed by atoms with Crippen molar-refractivity contribution in [3.8, 4) is 0 Å². The average molecular weight is 562 g/mol. The Hall–Kier alpha value is -3.42. The molecule has 1 aromatic heterocycles. The number of rotatable bonds is 18. The fraction of sp³-hybridized carbons (Fsp3) is 0.500. The molecule has 1 heterocycles. The summed E-state index contributed by atoms with van der Waals surface area (Å²) in [6, 6.07) is 5.12. The zero-order valence-corrected chi connectivity index (χ0v) is 22.9. The predicted octanol–water partition coefficient (Wildman–Crippen LogP) is -0.0567. The lowest BCUT2D eigenvalue weighted by Gasteiger charge is -2.25. The van der Waals surface area contributed by atoms with Gasteiger partial charge in [0.1, 0.15) is 18.1 Å². The van der Waals surface area contributed by atoms with Gasteiger partial charge < -0.3 is 37.5 Å². The number of nitrogens with two attached hydrogens (primary N) is 2. The first-order valence-electron chi connectivity index (χ1n) is 12.8. The number of benzene rings is 1. The van der Waals surface area contributed by atoms with Crippen LogP contribution >= 0.6 is 11.8 Å². The molecule has 4 unspecified atom stereocenters. The molecule has 2 aromatic rings. The van der Waals surface area contributed by atoms with E-state index in [4.69, 9.17) is 11.5 Å². The fourth-order valence-corrected chi connectivity index (χ4v) is 4.31. The minimum absolute atomic E-state index is 0.000990. The van der Waals surface area contributed by atoms with E-state index in [0.717, 1.165) is 12.0 Å². The van der Waals surface area contributed by atoms with E-state index in [1.54, 1.807) is 0 Å². The maximum Gasteiger partial charge on any atom is 0.326 e. The van der Waals surface area contributed by atoms with E-state index in [-0.39, 0.29) is 19.3 Å². The van der Waals surface area contributed by atoms with E-state index in [0.29, 0.717) is 30.8 Å². The Morgan fingerprint density at radius 1 is 0.949 bits per heavy atom. The van der Waals surface area contributed by atoms with Crippen LogP contribution in [0.1, 0.15) is 36.9 Å². The van der Waals surface area contributed by atoms with Gasteiger partial charge in [-0.3, -0.25) is 14.4 Å². The molecule has 3 amide bonds. The van der Waals surface area contributed by atoms with Crippen molar-refractivity contribution in [2.75, 3.05) is 18.6 Å². The number of hydrogen-bond acceptors (Lipinski definition) is 8. The topological polar surface area (TPSA) is 205 Å². The van der Waals surface area contributed by atoms with E-state index in [2.05, 4.69) is 25.9 Å². The molecule has 0 saturated heterocycles. The molecular formula is C26H39N7O5S. The number of imidazole rings is 1. The first-order valence-corrected chi connectivity index (χ1v) is 14.2. The van der Waals surface area contributed by atoms with Gasteiger partial charge in [0.05, 0.1) is 12.4 Å². The number of nitrogens with one attached hydrogen (secondary N) is 4. The smallest absolute Gasteiger partial charge is 0.326 e. The van der Waals surface area contributed by atoms with Crippen molar-refractivity contribution < 1.29 is 24.3 Å². The van der Waals surface area contributed by atoms with Gasteiger partial charge in [0.15, 0.2) is 0 Å². The van der Waals surface area contributed by atoms with Crippen LogP contribution in [0.25, 0.3) is 0 Å². The van der Waals surface area contributed by atoms with Crippen molar-refractivity contribution in [1.29, 1.82) is 0 Å². The van der Waals surface area contributed by atoms with Crippen molar-refractivity contribution in [3.63, 3.8) is 0 Å². The number of carboxylic acid groups (broad SMARTS) is 1. The summed E-state index contributed by atoms with van der Waals surface area (Å²) in [6.45, 7) is 0.498. The molecule has 2 rings (SSSR count). The third-order valence-corrected chi connectivity index (χ3v) is 6.70. The van der Waals surface area contributed by atoms with Crippen LogP contribution in [-0.4, -0.2) is 81.5 Å². The first kappa shape index (κ1) is 31.8. The summed E-state index contributed by atoms with van der Waals surface area (Å²) in [7, 11) is 0. The number of nitrogens with zero attached hydrogens (tertiary/aromatic N) is 1. The Morgan fingerprint density at radius 2 is 1.62 bits per heavy atom. The van der Waals surface area contributed by atoms with Crippen LogP contribution in [0.2, 0.25) is 0 Å². The summed E-state index contributed by atoms with van der Waals surface area (Å²) >= 11 is 1.48. The molecule has 0 radical (unpaired) electrons. The number of carbonyl (C=O) groups excluding carboxylic acids is 3. The molecule has 0 bridgehead atoms. The molecule has 4 atom stereocenters. The highest BCUT2D eigenvalue weighted by Gasteiger charge is 2.30. The van der Waals surface area contributed by atoms with Gasteiger partial charge in [0.25, 0.3) is 0 Å². The zero-order valence-electron chi connectivity index (χ0n) is 22.1. The number of hydrogen-bond donors (Lipinski definition) is 7. The van der Waals surface area contributed by atoms with Crippen molar-refractivity contribution in [3.05, 3.63) is 54.1 Å². The molecule has 0 aliphatic rings. The summed E-state index contributed by atoms with van der Waals surface area (Å²) in [4.78, 5) is 57.9. The lowest BCUT2D eigenvalue weighted by atomic mass is 10.0. The highest BCUT2D eigenvalue weighted by Crippen LogP contribution is 2.08. The summed E-state index contributed by atoms with van der Waals surface area (Å²) in [6.07, 6.45) is 7.05. The summed E-state index contributed by atoms with van der Waals surface area (Å²) in [5.41, 5.74) is 12.9. The second-order valence-electron chi connectivity index (χ2n) is 9.16. The molecule has 0 aliphatic heterocycles. The molecule has 39 heavy (non-hydrogen) atoms. The molecule has 13 heteroatoms. The van der Waals surface area contributed by atoms with Crippen LogP contribution in [0.5, 0.6) is 0 Å². The molecule has 214 valence electrons. The lowest BCUT2D eigenvalue weighted by molar-refractivity contribution is -0.142. The van der Waals surface area contributed by atoms with E-state index in [1.165, 1.54) is 24.3 Å². The van der Waals surface area contributed by atoms with E-state index in [9.17, 15) is 24.3 Å². The molecule has 0 fully saturated rings. The lowest BCUT2D eigenvalue weighted by Crippen LogP contribution is -2.58. The van der Waals surface area contributed by atoms with Gasteiger partial charge in [0.2, 0.25) is 17.7 Å². The molecule has 12 nitrogen and oxygen atoms in total. The maximum atomic E-state index is 13.4. The Morgan fingerprint density at radius 3 is 2.23 bits per heavy atom. The number of aliphatic carboxylic acids is 1. The quantitative estimate of drug-likeness (QED) is 0.122. The molecular weight excluding hydrogens is 522 g/mol. The molecule has 0 aliphatic carbocycles. The third-order valence-electron chi connectivity index (χ3n) is 6.06. The number of amides is 3. The third kappa shape index (κ3) is 11.5. The van der Waals surface area contributed by atoms with Crippen LogP contribution in [0.4, 0.5) is 0 Å². The predicted molar refractivity (Wildman–Crippen MR) is 150 cm³/mol. The van der Waals surface area contributed by atoms with Gasteiger partial charge in [0, 0.05) is 24.7 Å². The minimum atomic E-state index is -1.22. The van der Waals surface area contributed by atoms with Gasteiger partial charge in [-0.1, -0.05) is 36.8 Å². The summed E-state index contributed by atoms with van der Waals surface area (Å²) in [5, 5.41) is 17.6. The van der Waals surface area contributed by atoms with Gasteiger partial charge in [-0.25, -0.2) is 9.78 Å².